The van der Waals surface area contributed by atoms with Crippen molar-refractivity contribution < 1.29 is 0 Å². The molecule has 1 unspecified atom stereocenters. The van der Waals surface area contributed by atoms with Gasteiger partial charge >= 0.3 is 0 Å². The molecule has 0 bridgehead atoms. The summed E-state index contributed by atoms with van der Waals surface area (Å²) in [5.41, 5.74) is 0. The van der Waals surface area contributed by atoms with Crippen LogP contribution in [0.1, 0.15) is 27.7 Å². The first-order chi connectivity index (χ1) is 4.83. The van der Waals surface area contributed by atoms with Crippen LogP contribution in [0.2, 0.25) is 6.32 Å². The van der Waals surface area contributed by atoms with Crippen LogP contribution in [0.15, 0.2) is 0 Å². The second-order valence-electron chi connectivity index (χ2n) is 2.65. The summed E-state index contributed by atoms with van der Waals surface area (Å²) in [5, 5.41) is 0. The van der Waals surface area contributed by atoms with Gasteiger partial charge in [-0.15, -0.1) is 0 Å². The SMILES string of the molecule is C.CC.[B]CC1CCN(C)C1. The van der Waals surface area contributed by atoms with Gasteiger partial charge in [-0.2, -0.15) is 0 Å². The average Bonchev–Trinajstić information content (AvgIpc) is 2.40. The smallest absolute Gasteiger partial charge is 0.0657 e. The summed E-state index contributed by atoms with van der Waals surface area (Å²) in [6.45, 7) is 6.44. The third-order valence-electron chi connectivity index (χ3n) is 1.82. The Labute approximate surface area is 73.6 Å². The molecule has 0 aromatic heterocycles. The highest BCUT2D eigenvalue weighted by Crippen LogP contribution is 2.15. The lowest BCUT2D eigenvalue weighted by Gasteiger charge is -2.05. The molecular formula is C9H22BN. The molecule has 11 heavy (non-hydrogen) atoms. The van der Waals surface area contributed by atoms with Gasteiger partial charge in [0.25, 0.3) is 0 Å². The van der Waals surface area contributed by atoms with Crippen molar-refractivity contribution in [1.29, 1.82) is 0 Å². The van der Waals surface area contributed by atoms with E-state index < -0.39 is 0 Å². The molecule has 0 aromatic rings. The Balaban J connectivity index is 0. The van der Waals surface area contributed by atoms with Gasteiger partial charge in [-0.25, -0.2) is 0 Å². The van der Waals surface area contributed by atoms with Crippen molar-refractivity contribution in [3.05, 3.63) is 0 Å². The maximum absolute atomic E-state index is 5.47. The first-order valence-electron chi connectivity index (χ1n) is 4.21. The lowest BCUT2D eigenvalue weighted by atomic mass is 9.91. The molecule has 0 spiro atoms. The van der Waals surface area contributed by atoms with Gasteiger partial charge in [-0.1, -0.05) is 27.6 Å². The Kier molecular flexibility index (Phi) is 10.0. The molecule has 0 amide bonds. The van der Waals surface area contributed by atoms with E-state index in [9.17, 15) is 0 Å². The molecule has 66 valence electrons. The fourth-order valence-corrected chi connectivity index (χ4v) is 1.22. The molecule has 1 saturated heterocycles. The normalized spacial score (nSPS) is 23.4. The van der Waals surface area contributed by atoms with Gasteiger partial charge in [0.1, 0.15) is 0 Å². The van der Waals surface area contributed by atoms with Crippen LogP contribution < -0.4 is 0 Å². The Morgan fingerprint density at radius 3 is 2.18 bits per heavy atom. The largest absolute Gasteiger partial charge is 0.306 e. The van der Waals surface area contributed by atoms with E-state index in [2.05, 4.69) is 11.9 Å². The summed E-state index contributed by atoms with van der Waals surface area (Å²) < 4.78 is 0. The molecular weight excluding hydrogens is 133 g/mol. The summed E-state index contributed by atoms with van der Waals surface area (Å²) >= 11 is 0. The third kappa shape index (κ3) is 5.31. The fourth-order valence-electron chi connectivity index (χ4n) is 1.22. The minimum Gasteiger partial charge on any atom is -0.306 e. The summed E-state index contributed by atoms with van der Waals surface area (Å²) in [5.74, 6) is 0.778. The van der Waals surface area contributed by atoms with E-state index in [1.54, 1.807) is 0 Å². The van der Waals surface area contributed by atoms with Gasteiger partial charge in [0.2, 0.25) is 0 Å². The van der Waals surface area contributed by atoms with Crippen LogP contribution in [0.5, 0.6) is 0 Å². The van der Waals surface area contributed by atoms with Crippen molar-refractivity contribution >= 4 is 7.85 Å². The predicted molar refractivity (Wildman–Crippen MR) is 54.2 cm³/mol. The Morgan fingerprint density at radius 1 is 1.45 bits per heavy atom. The van der Waals surface area contributed by atoms with Crippen LogP contribution in [-0.4, -0.2) is 32.9 Å². The number of nitrogens with zero attached hydrogens (tertiary/aromatic N) is 1. The number of hydrogen-bond donors (Lipinski definition) is 0. The zero-order valence-corrected chi connectivity index (χ0v) is 7.43. The minimum absolute atomic E-state index is 0. The van der Waals surface area contributed by atoms with Crippen molar-refractivity contribution in [3.63, 3.8) is 0 Å². The molecule has 0 aliphatic carbocycles. The van der Waals surface area contributed by atoms with Gasteiger partial charge in [0, 0.05) is 6.54 Å². The average molecular weight is 155 g/mol. The lowest BCUT2D eigenvalue weighted by Crippen LogP contribution is -2.13. The highest BCUT2D eigenvalue weighted by Gasteiger charge is 2.16. The molecule has 1 rings (SSSR count). The molecule has 1 heterocycles. The van der Waals surface area contributed by atoms with Crippen molar-refractivity contribution in [3.8, 4) is 0 Å². The molecule has 1 atom stereocenters. The second-order valence-corrected chi connectivity index (χ2v) is 2.65. The molecule has 0 saturated carbocycles. The van der Waals surface area contributed by atoms with Gasteiger partial charge in [0.15, 0.2) is 0 Å². The maximum Gasteiger partial charge on any atom is 0.0657 e. The number of hydrogen-bond acceptors (Lipinski definition) is 1. The quantitative estimate of drug-likeness (QED) is 0.524. The maximum atomic E-state index is 5.47. The highest BCUT2D eigenvalue weighted by molar-refractivity contribution is 6.08. The van der Waals surface area contributed by atoms with E-state index in [-0.39, 0.29) is 7.43 Å². The minimum atomic E-state index is 0. The van der Waals surface area contributed by atoms with E-state index in [1.165, 1.54) is 19.5 Å². The summed E-state index contributed by atoms with van der Waals surface area (Å²) in [6.07, 6.45) is 2.16. The van der Waals surface area contributed by atoms with Gasteiger partial charge in [0.05, 0.1) is 7.85 Å². The van der Waals surface area contributed by atoms with E-state index in [4.69, 9.17) is 7.85 Å². The first kappa shape index (κ1) is 13.6. The van der Waals surface area contributed by atoms with E-state index in [0.29, 0.717) is 0 Å². The third-order valence-corrected chi connectivity index (χ3v) is 1.82. The van der Waals surface area contributed by atoms with Crippen LogP contribution in [0, 0.1) is 5.92 Å². The Hall–Kier alpha value is 0.0249. The molecule has 1 aliphatic rings. The molecule has 0 N–H and O–H groups in total. The first-order valence-corrected chi connectivity index (χ1v) is 4.21. The van der Waals surface area contributed by atoms with Crippen molar-refractivity contribution in [1.82, 2.24) is 4.90 Å². The van der Waals surface area contributed by atoms with Gasteiger partial charge < -0.3 is 4.90 Å². The number of likely N-dealkylation sites (tertiary alicyclic amines) is 1. The van der Waals surface area contributed by atoms with Crippen molar-refractivity contribution in [2.45, 2.75) is 34.0 Å². The van der Waals surface area contributed by atoms with E-state index in [0.717, 1.165) is 12.2 Å². The molecule has 1 aliphatic heterocycles. The monoisotopic (exact) mass is 155 g/mol. The topological polar surface area (TPSA) is 3.24 Å². The van der Waals surface area contributed by atoms with Crippen molar-refractivity contribution in [2.24, 2.45) is 5.92 Å². The standard InChI is InChI=1S/C6H12BN.C2H6.CH4/c1-8-3-2-6(4-7)5-8;1-2;/h6H,2-5H2,1H3;1-2H3;1H4. The predicted octanol–water partition coefficient (Wildman–Crippen LogP) is 2.19. The second kappa shape index (κ2) is 8.12. The van der Waals surface area contributed by atoms with Crippen LogP contribution in [0.4, 0.5) is 0 Å². The molecule has 1 nitrogen and oxygen atoms in total. The molecule has 1 fully saturated rings. The molecule has 2 radical (unpaired) electrons. The van der Waals surface area contributed by atoms with E-state index in [1.807, 2.05) is 13.8 Å². The van der Waals surface area contributed by atoms with Crippen LogP contribution >= 0.6 is 0 Å². The van der Waals surface area contributed by atoms with Crippen LogP contribution in [-0.2, 0) is 0 Å². The Bertz CT molecular complexity index is 76.0. The summed E-state index contributed by atoms with van der Waals surface area (Å²) in [7, 11) is 7.62. The van der Waals surface area contributed by atoms with Crippen LogP contribution in [0.25, 0.3) is 0 Å². The van der Waals surface area contributed by atoms with Crippen molar-refractivity contribution in [2.75, 3.05) is 20.1 Å². The fraction of sp³-hybridized carbons (Fsp3) is 1.00. The molecule has 0 aromatic carbocycles. The van der Waals surface area contributed by atoms with Crippen LogP contribution in [0.3, 0.4) is 0 Å². The van der Waals surface area contributed by atoms with Gasteiger partial charge in [-0.3, -0.25) is 0 Å². The summed E-state index contributed by atoms with van der Waals surface area (Å²) in [6, 6.07) is 0. The Morgan fingerprint density at radius 2 is 2.00 bits per heavy atom. The lowest BCUT2D eigenvalue weighted by molar-refractivity contribution is 0.402. The van der Waals surface area contributed by atoms with E-state index >= 15 is 0 Å². The zero-order valence-electron chi connectivity index (χ0n) is 7.43. The van der Waals surface area contributed by atoms with Gasteiger partial charge in [-0.05, 0) is 25.9 Å². The number of rotatable bonds is 1. The molecule has 2 heteroatoms. The summed E-state index contributed by atoms with van der Waals surface area (Å²) in [4.78, 5) is 2.33. The highest BCUT2D eigenvalue weighted by atomic mass is 15.1. The zero-order chi connectivity index (χ0) is 7.98.